The van der Waals surface area contributed by atoms with E-state index in [1.807, 2.05) is 7.05 Å². The smallest absolute Gasteiger partial charge is 0.0667 e. The van der Waals surface area contributed by atoms with Gasteiger partial charge in [0.05, 0.1) is 12.2 Å². The molecule has 0 amide bonds. The Morgan fingerprint density at radius 2 is 0.700 bits per heavy atom. The number of allylic oxidation sites excluding steroid dienone is 4. The number of unbranched alkanes of at least 4 members (excludes halogenated alkanes) is 20. The third kappa shape index (κ3) is 31.9. The molecule has 0 saturated carbocycles. The van der Waals surface area contributed by atoms with E-state index in [0.717, 1.165) is 25.7 Å². The highest BCUT2D eigenvalue weighted by Crippen LogP contribution is 2.13. The molecule has 238 valence electrons. The molecule has 2 atom stereocenters. The van der Waals surface area contributed by atoms with Gasteiger partial charge in [-0.15, -0.1) is 0 Å². The largest absolute Gasteiger partial charge is 0.392 e. The molecule has 0 rings (SSSR count). The maximum absolute atomic E-state index is 10.4. The van der Waals surface area contributed by atoms with E-state index in [-0.39, 0.29) is 12.2 Å². The predicted molar refractivity (Wildman–Crippen MR) is 179 cm³/mol. The summed E-state index contributed by atoms with van der Waals surface area (Å²) in [6.07, 6.45) is 41.9. The summed E-state index contributed by atoms with van der Waals surface area (Å²) in [6.45, 7) is 5.89. The highest BCUT2D eigenvalue weighted by molar-refractivity contribution is 4.82. The van der Waals surface area contributed by atoms with E-state index >= 15 is 0 Å². The van der Waals surface area contributed by atoms with Crippen molar-refractivity contribution in [1.29, 1.82) is 0 Å². The number of nitrogens with zero attached hydrogens (tertiary/aromatic N) is 1. The van der Waals surface area contributed by atoms with Gasteiger partial charge in [-0.25, -0.2) is 0 Å². The van der Waals surface area contributed by atoms with Crippen LogP contribution in [0.1, 0.15) is 181 Å². The highest BCUT2D eigenvalue weighted by atomic mass is 16.3. The SMILES string of the molecule is CCCCCCCC/C=C\CCCCCCC(O)CN(C)CC(O)CCCCCC/C=C\CCCCCCCC. The van der Waals surface area contributed by atoms with Crippen LogP contribution >= 0.6 is 0 Å². The molecule has 0 radical (unpaired) electrons. The van der Waals surface area contributed by atoms with Gasteiger partial charge in [0.1, 0.15) is 0 Å². The third-order valence-electron chi connectivity index (χ3n) is 8.14. The van der Waals surface area contributed by atoms with Crippen LogP contribution in [0.2, 0.25) is 0 Å². The molecule has 3 heteroatoms. The summed E-state index contributed by atoms with van der Waals surface area (Å²) in [4.78, 5) is 2.11. The number of hydrogen-bond donors (Lipinski definition) is 2. The van der Waals surface area contributed by atoms with Gasteiger partial charge in [0.15, 0.2) is 0 Å². The summed E-state index contributed by atoms with van der Waals surface area (Å²) in [5.41, 5.74) is 0. The second kappa shape index (κ2) is 32.9. The summed E-state index contributed by atoms with van der Waals surface area (Å²) in [6, 6.07) is 0. The molecule has 0 saturated heterocycles. The van der Waals surface area contributed by atoms with Crippen LogP contribution in [0.3, 0.4) is 0 Å². The number of aliphatic hydroxyl groups excluding tert-OH is 2. The van der Waals surface area contributed by atoms with Crippen molar-refractivity contribution in [1.82, 2.24) is 4.90 Å². The van der Waals surface area contributed by atoms with E-state index in [1.54, 1.807) is 0 Å². The fourth-order valence-electron chi connectivity index (χ4n) is 5.52. The minimum Gasteiger partial charge on any atom is -0.392 e. The average Bonchev–Trinajstić information content (AvgIpc) is 2.93. The first kappa shape index (κ1) is 39.4. The first-order chi connectivity index (χ1) is 19.6. The number of hydrogen-bond acceptors (Lipinski definition) is 3. The molecule has 2 N–H and O–H groups in total. The van der Waals surface area contributed by atoms with Gasteiger partial charge < -0.3 is 15.1 Å². The van der Waals surface area contributed by atoms with Crippen molar-refractivity contribution in [3.8, 4) is 0 Å². The molecule has 0 aliphatic carbocycles. The van der Waals surface area contributed by atoms with E-state index in [0.29, 0.717) is 13.1 Å². The maximum Gasteiger partial charge on any atom is 0.0667 e. The van der Waals surface area contributed by atoms with Crippen molar-refractivity contribution in [3.63, 3.8) is 0 Å². The lowest BCUT2D eigenvalue weighted by molar-refractivity contribution is 0.0738. The Morgan fingerprint density at radius 1 is 0.425 bits per heavy atom. The van der Waals surface area contributed by atoms with Crippen molar-refractivity contribution in [2.24, 2.45) is 0 Å². The van der Waals surface area contributed by atoms with Crippen molar-refractivity contribution >= 4 is 0 Å². The standard InChI is InChI=1S/C37H73NO2/c1-4-6-8-10-12-14-16-18-20-22-24-26-28-30-32-36(39)34-38(3)35-37(40)33-31-29-27-25-23-21-19-17-15-13-11-9-7-5-2/h18-21,36-37,39-40H,4-17,22-35H2,1-3H3/b20-18-,21-19-. The zero-order valence-electron chi connectivity index (χ0n) is 27.6. The van der Waals surface area contributed by atoms with E-state index in [9.17, 15) is 10.2 Å². The Kier molecular flexibility index (Phi) is 32.3. The van der Waals surface area contributed by atoms with Gasteiger partial charge >= 0.3 is 0 Å². The average molecular weight is 564 g/mol. The Morgan fingerprint density at radius 3 is 1.02 bits per heavy atom. The summed E-state index contributed by atoms with van der Waals surface area (Å²) in [5.74, 6) is 0. The van der Waals surface area contributed by atoms with Crippen molar-refractivity contribution < 1.29 is 10.2 Å². The summed E-state index contributed by atoms with van der Waals surface area (Å²) < 4.78 is 0. The second-order valence-corrected chi connectivity index (χ2v) is 12.6. The fourth-order valence-corrected chi connectivity index (χ4v) is 5.52. The predicted octanol–water partition coefficient (Wildman–Crippen LogP) is 10.9. The highest BCUT2D eigenvalue weighted by Gasteiger charge is 2.12. The molecule has 0 aliphatic rings. The fraction of sp³-hybridized carbons (Fsp3) is 0.892. The summed E-state index contributed by atoms with van der Waals surface area (Å²) in [7, 11) is 2.03. The van der Waals surface area contributed by atoms with Crippen LogP contribution in [0.4, 0.5) is 0 Å². The molecular formula is C37H73NO2. The number of likely N-dealkylation sites (N-methyl/N-ethyl adjacent to an activating group) is 1. The number of rotatable bonds is 32. The molecule has 0 aromatic rings. The van der Waals surface area contributed by atoms with Crippen LogP contribution in [0.15, 0.2) is 24.3 Å². The van der Waals surface area contributed by atoms with E-state index in [2.05, 4.69) is 43.1 Å². The maximum atomic E-state index is 10.4. The Balaban J connectivity index is 3.49. The van der Waals surface area contributed by atoms with Gasteiger partial charge in [0, 0.05) is 13.1 Å². The molecule has 0 spiro atoms. The Labute approximate surface area is 252 Å². The van der Waals surface area contributed by atoms with Crippen LogP contribution < -0.4 is 0 Å². The molecular weight excluding hydrogens is 490 g/mol. The molecule has 40 heavy (non-hydrogen) atoms. The molecule has 3 nitrogen and oxygen atoms in total. The third-order valence-corrected chi connectivity index (χ3v) is 8.14. The zero-order valence-corrected chi connectivity index (χ0v) is 27.6. The number of aliphatic hydroxyl groups is 2. The lowest BCUT2D eigenvalue weighted by atomic mass is 10.1. The Hall–Kier alpha value is -0.640. The normalized spacial score (nSPS) is 13.8. The van der Waals surface area contributed by atoms with E-state index < -0.39 is 0 Å². The van der Waals surface area contributed by atoms with E-state index in [1.165, 1.54) is 141 Å². The topological polar surface area (TPSA) is 43.7 Å². The second-order valence-electron chi connectivity index (χ2n) is 12.6. The van der Waals surface area contributed by atoms with Gasteiger partial charge in [-0.3, -0.25) is 0 Å². The molecule has 0 aromatic heterocycles. The van der Waals surface area contributed by atoms with Crippen LogP contribution in [0, 0.1) is 0 Å². The summed E-state index contributed by atoms with van der Waals surface area (Å²) >= 11 is 0. The van der Waals surface area contributed by atoms with Crippen molar-refractivity contribution in [2.45, 2.75) is 193 Å². The van der Waals surface area contributed by atoms with Crippen LogP contribution in [-0.4, -0.2) is 47.5 Å². The van der Waals surface area contributed by atoms with Crippen molar-refractivity contribution in [3.05, 3.63) is 24.3 Å². The van der Waals surface area contributed by atoms with Gasteiger partial charge in [-0.2, -0.15) is 0 Å². The molecule has 0 fully saturated rings. The molecule has 0 aliphatic heterocycles. The first-order valence-electron chi connectivity index (χ1n) is 17.9. The Bertz CT molecular complexity index is 486. The minimum atomic E-state index is -0.275. The molecule has 0 bridgehead atoms. The van der Waals surface area contributed by atoms with E-state index in [4.69, 9.17) is 0 Å². The minimum absolute atomic E-state index is 0.275. The zero-order chi connectivity index (χ0) is 29.4. The van der Waals surface area contributed by atoms with Crippen molar-refractivity contribution in [2.75, 3.05) is 20.1 Å². The van der Waals surface area contributed by atoms with Gasteiger partial charge in [0.2, 0.25) is 0 Å². The molecule has 0 heterocycles. The van der Waals surface area contributed by atoms with Gasteiger partial charge in [-0.05, 0) is 71.3 Å². The monoisotopic (exact) mass is 564 g/mol. The quantitative estimate of drug-likeness (QED) is 0.0632. The lowest BCUT2D eigenvalue weighted by Gasteiger charge is -2.23. The van der Waals surface area contributed by atoms with Gasteiger partial charge in [0.25, 0.3) is 0 Å². The lowest BCUT2D eigenvalue weighted by Crippen LogP contribution is -2.35. The van der Waals surface area contributed by atoms with Crippen LogP contribution in [0.5, 0.6) is 0 Å². The molecule has 2 unspecified atom stereocenters. The van der Waals surface area contributed by atoms with Crippen LogP contribution in [0.25, 0.3) is 0 Å². The first-order valence-corrected chi connectivity index (χ1v) is 17.9. The van der Waals surface area contributed by atoms with Gasteiger partial charge in [-0.1, -0.05) is 141 Å². The summed E-state index contributed by atoms with van der Waals surface area (Å²) in [5, 5.41) is 20.8. The molecule has 0 aromatic carbocycles. The van der Waals surface area contributed by atoms with Crippen LogP contribution in [-0.2, 0) is 0 Å².